The molecule has 9 rings (SSSR count). The Labute approximate surface area is 236 Å². The van der Waals surface area contributed by atoms with E-state index in [0.717, 1.165) is 16.7 Å². The van der Waals surface area contributed by atoms with Crippen LogP contribution in [0.1, 0.15) is 0 Å². The number of rotatable bonds is 2. The fourth-order valence-electron chi connectivity index (χ4n) is 6.91. The van der Waals surface area contributed by atoms with Gasteiger partial charge in [0.25, 0.3) is 0 Å². The van der Waals surface area contributed by atoms with Crippen LogP contribution in [0.15, 0.2) is 150 Å². The molecule has 8 aromatic carbocycles. The highest BCUT2D eigenvalue weighted by Gasteiger charge is 2.22. The Morgan fingerprint density at radius 1 is 0.366 bits per heavy atom. The van der Waals surface area contributed by atoms with Gasteiger partial charge in [0, 0.05) is 21.9 Å². The number of hydrogen-bond donors (Lipinski definition) is 0. The minimum absolute atomic E-state index is 0.922. The molecule has 0 N–H and O–H groups in total. The number of furan rings is 1. The molecule has 1 nitrogen and oxygen atoms in total. The van der Waals surface area contributed by atoms with Crippen LogP contribution in [0.3, 0.4) is 0 Å². The first-order chi connectivity index (χ1) is 20.4. The molecule has 0 saturated heterocycles. The maximum absolute atomic E-state index is 6.87. The van der Waals surface area contributed by atoms with E-state index in [9.17, 15) is 0 Å². The number of hydrogen-bond acceptors (Lipinski definition) is 1. The van der Waals surface area contributed by atoms with Crippen LogP contribution in [0.5, 0.6) is 0 Å². The van der Waals surface area contributed by atoms with E-state index in [4.69, 9.17) is 4.42 Å². The van der Waals surface area contributed by atoms with Gasteiger partial charge >= 0.3 is 0 Å². The van der Waals surface area contributed by atoms with Crippen molar-refractivity contribution in [3.8, 4) is 22.3 Å². The molecular weight excluding hydrogens is 496 g/mol. The van der Waals surface area contributed by atoms with E-state index in [0.29, 0.717) is 0 Å². The van der Waals surface area contributed by atoms with E-state index >= 15 is 0 Å². The summed E-state index contributed by atoms with van der Waals surface area (Å²) in [4.78, 5) is 0. The standard InChI is InChI=1S/C40H24O/c1-2-13-26(14-3-1)36-30-18-8-10-20-32(30)37(33-21-11-9-19-31(33)36)34-24-27-15-5-7-17-29(27)39-38-28-16-6-4-12-25(28)22-23-35(38)41-40(34)39/h1-24H. The molecular formula is C40H24O. The van der Waals surface area contributed by atoms with Gasteiger partial charge in [-0.3, -0.25) is 0 Å². The molecule has 9 aromatic rings. The predicted molar refractivity (Wildman–Crippen MR) is 175 cm³/mol. The quantitative estimate of drug-likeness (QED) is 0.207. The summed E-state index contributed by atoms with van der Waals surface area (Å²) < 4.78 is 6.87. The van der Waals surface area contributed by atoms with Crippen molar-refractivity contribution in [2.24, 2.45) is 0 Å². The van der Waals surface area contributed by atoms with Gasteiger partial charge in [-0.05, 0) is 66.3 Å². The van der Waals surface area contributed by atoms with Gasteiger partial charge in [-0.1, -0.05) is 133 Å². The van der Waals surface area contributed by atoms with E-state index in [-0.39, 0.29) is 0 Å². The summed E-state index contributed by atoms with van der Waals surface area (Å²) in [6.07, 6.45) is 0. The van der Waals surface area contributed by atoms with Gasteiger partial charge in [0.15, 0.2) is 0 Å². The Kier molecular flexibility index (Phi) is 4.67. The lowest BCUT2D eigenvalue weighted by Crippen LogP contribution is -1.91. The molecule has 0 aliphatic heterocycles. The Hall–Kier alpha value is -5.40. The van der Waals surface area contributed by atoms with Crippen LogP contribution in [-0.2, 0) is 0 Å². The molecule has 0 amide bonds. The smallest absolute Gasteiger partial charge is 0.143 e. The third-order valence-corrected chi connectivity index (χ3v) is 8.62. The van der Waals surface area contributed by atoms with Crippen LogP contribution < -0.4 is 0 Å². The summed E-state index contributed by atoms with van der Waals surface area (Å²) in [5.74, 6) is 0. The Balaban J connectivity index is 1.53. The molecule has 0 spiro atoms. The first-order valence-electron chi connectivity index (χ1n) is 14.1. The van der Waals surface area contributed by atoms with E-state index in [1.807, 2.05) is 0 Å². The Morgan fingerprint density at radius 3 is 1.54 bits per heavy atom. The summed E-state index contributed by atoms with van der Waals surface area (Å²) in [6.45, 7) is 0. The third-order valence-electron chi connectivity index (χ3n) is 8.62. The molecule has 0 aliphatic carbocycles. The summed E-state index contributed by atoms with van der Waals surface area (Å²) in [7, 11) is 0. The predicted octanol–water partition coefficient (Wildman–Crippen LogP) is 11.5. The van der Waals surface area contributed by atoms with Gasteiger partial charge < -0.3 is 4.42 Å². The number of benzene rings is 8. The van der Waals surface area contributed by atoms with Gasteiger partial charge in [0.2, 0.25) is 0 Å². The van der Waals surface area contributed by atoms with E-state index < -0.39 is 0 Å². The van der Waals surface area contributed by atoms with Gasteiger partial charge in [-0.2, -0.15) is 0 Å². The monoisotopic (exact) mass is 520 g/mol. The second kappa shape index (κ2) is 8.55. The van der Waals surface area contributed by atoms with Crippen molar-refractivity contribution in [1.82, 2.24) is 0 Å². The van der Waals surface area contributed by atoms with Crippen LogP contribution in [0.4, 0.5) is 0 Å². The Morgan fingerprint density at radius 2 is 0.878 bits per heavy atom. The van der Waals surface area contributed by atoms with Gasteiger partial charge in [-0.15, -0.1) is 0 Å². The normalized spacial score (nSPS) is 11.9. The van der Waals surface area contributed by atoms with E-state index in [1.165, 1.54) is 70.6 Å². The fourth-order valence-corrected chi connectivity index (χ4v) is 6.91. The summed E-state index contributed by atoms with van der Waals surface area (Å²) in [5, 5.41) is 12.2. The lowest BCUT2D eigenvalue weighted by Gasteiger charge is -2.18. The lowest BCUT2D eigenvalue weighted by atomic mass is 9.85. The molecule has 0 bridgehead atoms. The Bertz CT molecular complexity index is 2410. The fraction of sp³-hybridized carbons (Fsp3) is 0. The van der Waals surface area contributed by atoms with Gasteiger partial charge in [-0.25, -0.2) is 0 Å². The molecule has 0 saturated carbocycles. The third kappa shape index (κ3) is 3.18. The largest absolute Gasteiger partial charge is 0.455 e. The van der Waals surface area contributed by atoms with Gasteiger partial charge in [0.1, 0.15) is 11.2 Å². The molecule has 1 heterocycles. The highest BCUT2D eigenvalue weighted by atomic mass is 16.3. The molecule has 0 fully saturated rings. The number of fused-ring (bicyclic) bond motifs is 9. The molecule has 0 radical (unpaired) electrons. The highest BCUT2D eigenvalue weighted by molar-refractivity contribution is 6.31. The highest BCUT2D eigenvalue weighted by Crippen LogP contribution is 2.48. The van der Waals surface area contributed by atoms with Crippen molar-refractivity contribution in [2.75, 3.05) is 0 Å². The molecule has 190 valence electrons. The molecule has 0 unspecified atom stereocenters. The second-order valence-corrected chi connectivity index (χ2v) is 10.8. The van der Waals surface area contributed by atoms with Crippen molar-refractivity contribution in [3.63, 3.8) is 0 Å². The van der Waals surface area contributed by atoms with E-state index in [2.05, 4.69) is 146 Å². The van der Waals surface area contributed by atoms with Gasteiger partial charge in [0.05, 0.1) is 0 Å². The first-order valence-corrected chi connectivity index (χ1v) is 14.1. The molecule has 41 heavy (non-hydrogen) atoms. The minimum atomic E-state index is 0.922. The first kappa shape index (κ1) is 22.4. The van der Waals surface area contributed by atoms with Crippen molar-refractivity contribution in [3.05, 3.63) is 146 Å². The van der Waals surface area contributed by atoms with Crippen molar-refractivity contribution in [2.45, 2.75) is 0 Å². The summed E-state index contributed by atoms with van der Waals surface area (Å²) >= 11 is 0. The summed E-state index contributed by atoms with van der Waals surface area (Å²) in [5.41, 5.74) is 6.71. The average molecular weight is 521 g/mol. The topological polar surface area (TPSA) is 13.1 Å². The van der Waals surface area contributed by atoms with Crippen molar-refractivity contribution in [1.29, 1.82) is 0 Å². The zero-order chi connectivity index (χ0) is 26.9. The maximum atomic E-state index is 6.87. The molecule has 0 atom stereocenters. The van der Waals surface area contributed by atoms with Crippen molar-refractivity contribution >= 4 is 65.0 Å². The van der Waals surface area contributed by atoms with Crippen LogP contribution in [-0.4, -0.2) is 0 Å². The van der Waals surface area contributed by atoms with Crippen LogP contribution >= 0.6 is 0 Å². The SMILES string of the molecule is c1ccc(-c2c3ccccc3c(-c3cc4ccccc4c4c3oc3ccc5ccccc5c34)c3ccccc23)cc1. The zero-order valence-corrected chi connectivity index (χ0v) is 22.3. The van der Waals surface area contributed by atoms with Crippen molar-refractivity contribution < 1.29 is 4.42 Å². The maximum Gasteiger partial charge on any atom is 0.143 e. The molecule has 0 aliphatic rings. The molecule has 1 aromatic heterocycles. The van der Waals surface area contributed by atoms with Crippen LogP contribution in [0.25, 0.3) is 87.3 Å². The van der Waals surface area contributed by atoms with Crippen LogP contribution in [0.2, 0.25) is 0 Å². The average Bonchev–Trinajstić information content (AvgIpc) is 3.44. The second-order valence-electron chi connectivity index (χ2n) is 10.8. The molecule has 1 heteroatoms. The lowest BCUT2D eigenvalue weighted by molar-refractivity contribution is 0.670. The van der Waals surface area contributed by atoms with E-state index in [1.54, 1.807) is 0 Å². The minimum Gasteiger partial charge on any atom is -0.455 e. The van der Waals surface area contributed by atoms with Crippen LogP contribution in [0, 0.1) is 0 Å². The zero-order valence-electron chi connectivity index (χ0n) is 22.3. The summed E-state index contributed by atoms with van der Waals surface area (Å²) in [6, 6.07) is 52.4.